The molecule has 1 amide bonds. The topological polar surface area (TPSA) is 66.4 Å². The van der Waals surface area contributed by atoms with E-state index in [1.54, 1.807) is 6.07 Å². The number of aromatic nitrogens is 1. The summed E-state index contributed by atoms with van der Waals surface area (Å²) in [6.45, 7) is 3.09. The summed E-state index contributed by atoms with van der Waals surface area (Å²) in [7, 11) is 0. The lowest BCUT2D eigenvalue weighted by Gasteiger charge is -2.43. The van der Waals surface area contributed by atoms with Crippen molar-refractivity contribution in [2.75, 3.05) is 25.0 Å². The van der Waals surface area contributed by atoms with Crippen molar-refractivity contribution in [3.8, 4) is 0 Å². The molecule has 1 aromatic heterocycles. The molecule has 2 aromatic rings. The number of fused-ring (bicyclic) bond motifs is 4. The predicted octanol–water partition coefficient (Wildman–Crippen LogP) is 4.28. The van der Waals surface area contributed by atoms with Gasteiger partial charge >= 0.3 is 0 Å². The summed E-state index contributed by atoms with van der Waals surface area (Å²) < 4.78 is 1.93. The molecule has 1 aromatic carbocycles. The fourth-order valence-corrected chi connectivity index (χ4v) is 5.81. The van der Waals surface area contributed by atoms with Crippen molar-refractivity contribution in [1.29, 1.82) is 0 Å². The minimum atomic E-state index is -0.0386. The van der Waals surface area contributed by atoms with Crippen LogP contribution < -0.4 is 16.2 Å². The van der Waals surface area contributed by atoms with Crippen LogP contribution in [0.5, 0.6) is 0 Å². The third-order valence-electron chi connectivity index (χ3n) is 7.28. The number of hydrogen-bond donors (Lipinski definition) is 2. The second-order valence-corrected chi connectivity index (χ2v) is 10.1. The van der Waals surface area contributed by atoms with E-state index in [0.29, 0.717) is 29.1 Å². The highest BCUT2D eigenvalue weighted by Crippen LogP contribution is 2.35. The minimum absolute atomic E-state index is 0.0386. The third kappa shape index (κ3) is 5.09. The van der Waals surface area contributed by atoms with Gasteiger partial charge in [0, 0.05) is 55.1 Å². The molecule has 5 rings (SSSR count). The number of hydrogen-bond acceptors (Lipinski definition) is 3. The van der Waals surface area contributed by atoms with Crippen molar-refractivity contribution >= 4 is 28.9 Å². The maximum Gasteiger partial charge on any atom is 0.251 e. The Morgan fingerprint density at radius 3 is 2.71 bits per heavy atom. The Hall–Kier alpha value is -2.93. The fourth-order valence-electron chi connectivity index (χ4n) is 5.54. The van der Waals surface area contributed by atoms with Gasteiger partial charge in [0.15, 0.2) is 5.11 Å². The molecule has 2 bridgehead atoms. The molecule has 7 heteroatoms. The van der Waals surface area contributed by atoms with E-state index in [1.807, 2.05) is 34.9 Å². The van der Waals surface area contributed by atoms with Gasteiger partial charge in [-0.05, 0) is 87.0 Å². The van der Waals surface area contributed by atoms with Crippen LogP contribution in [0.1, 0.15) is 60.5 Å². The molecule has 2 atom stereocenters. The molecule has 2 N–H and O–H groups in total. The maximum absolute atomic E-state index is 12.5. The van der Waals surface area contributed by atoms with Crippen LogP contribution in [0.15, 0.2) is 58.9 Å². The highest BCUT2D eigenvalue weighted by molar-refractivity contribution is 7.80. The molecule has 0 saturated carbocycles. The SMILES string of the molecule is O=C(NCCC1=CCCCC1)c1ccc(NC(=S)N2C[C@H]3C[C@@H](C2)c2cccc(=O)n2C3)cc1. The number of carbonyl (C=O) groups is 1. The number of nitrogens with one attached hydrogen (secondary N) is 2. The van der Waals surface area contributed by atoms with Gasteiger partial charge in [0.25, 0.3) is 11.5 Å². The zero-order chi connectivity index (χ0) is 23.5. The van der Waals surface area contributed by atoms with Gasteiger partial charge in [0.1, 0.15) is 0 Å². The normalized spacial score (nSPS) is 21.3. The quantitative estimate of drug-likeness (QED) is 0.498. The molecule has 0 unspecified atom stereocenters. The summed E-state index contributed by atoms with van der Waals surface area (Å²) in [4.78, 5) is 27.0. The molecule has 3 heterocycles. The van der Waals surface area contributed by atoms with Gasteiger partial charge in [-0.3, -0.25) is 9.59 Å². The molecular weight excluding hydrogens is 444 g/mol. The summed E-state index contributed by atoms with van der Waals surface area (Å²) >= 11 is 5.72. The third-order valence-corrected chi connectivity index (χ3v) is 7.64. The van der Waals surface area contributed by atoms with Gasteiger partial charge in [-0.15, -0.1) is 0 Å². The van der Waals surface area contributed by atoms with Crippen molar-refractivity contribution in [2.24, 2.45) is 5.92 Å². The van der Waals surface area contributed by atoms with Crippen LogP contribution in [0, 0.1) is 5.92 Å². The number of nitrogens with zero attached hydrogens (tertiary/aromatic N) is 2. The van der Waals surface area contributed by atoms with Crippen molar-refractivity contribution in [2.45, 2.75) is 51.0 Å². The van der Waals surface area contributed by atoms with Crippen LogP contribution in [0.25, 0.3) is 0 Å². The Bertz CT molecular complexity index is 1150. The Kier molecular flexibility index (Phi) is 6.81. The zero-order valence-electron chi connectivity index (χ0n) is 19.5. The number of pyridine rings is 1. The first-order chi connectivity index (χ1) is 16.6. The van der Waals surface area contributed by atoms with Crippen LogP contribution >= 0.6 is 12.2 Å². The molecule has 1 fully saturated rings. The smallest absolute Gasteiger partial charge is 0.251 e. The van der Waals surface area contributed by atoms with E-state index in [9.17, 15) is 9.59 Å². The lowest BCUT2D eigenvalue weighted by atomic mass is 9.83. The van der Waals surface area contributed by atoms with Gasteiger partial charge in [-0.25, -0.2) is 0 Å². The number of rotatable bonds is 5. The monoisotopic (exact) mass is 476 g/mol. The number of amides is 1. The molecule has 0 radical (unpaired) electrons. The number of likely N-dealkylation sites (tertiary alicyclic amines) is 1. The summed E-state index contributed by atoms with van der Waals surface area (Å²) in [5.74, 6) is 0.696. The van der Waals surface area contributed by atoms with Gasteiger partial charge < -0.3 is 20.1 Å². The highest BCUT2D eigenvalue weighted by atomic mass is 32.1. The predicted molar refractivity (Wildman–Crippen MR) is 139 cm³/mol. The van der Waals surface area contributed by atoms with E-state index in [0.717, 1.165) is 43.9 Å². The molecule has 34 heavy (non-hydrogen) atoms. The van der Waals surface area contributed by atoms with E-state index < -0.39 is 0 Å². The Morgan fingerprint density at radius 2 is 1.91 bits per heavy atom. The van der Waals surface area contributed by atoms with E-state index in [-0.39, 0.29) is 11.5 Å². The average molecular weight is 477 g/mol. The van der Waals surface area contributed by atoms with E-state index >= 15 is 0 Å². The Labute approximate surface area is 206 Å². The molecular formula is C27H32N4O2S. The second kappa shape index (κ2) is 10.1. The number of carbonyl (C=O) groups excluding carboxylic acids is 1. The maximum atomic E-state index is 12.5. The van der Waals surface area contributed by atoms with E-state index in [4.69, 9.17) is 12.2 Å². The summed E-state index contributed by atoms with van der Waals surface area (Å²) in [5, 5.41) is 7.07. The number of allylic oxidation sites excluding steroid dienone is 1. The molecule has 2 aliphatic heterocycles. The van der Waals surface area contributed by atoms with Crippen LogP contribution in [0.2, 0.25) is 0 Å². The first-order valence-electron chi connectivity index (χ1n) is 12.4. The molecule has 178 valence electrons. The van der Waals surface area contributed by atoms with Crippen LogP contribution in [-0.4, -0.2) is 40.1 Å². The summed E-state index contributed by atoms with van der Waals surface area (Å²) in [5.41, 5.74) is 4.21. The second-order valence-electron chi connectivity index (χ2n) is 9.72. The van der Waals surface area contributed by atoms with E-state index in [1.165, 1.54) is 31.3 Å². The number of thiocarbonyl (C=S) groups is 1. The fraction of sp³-hybridized carbons (Fsp3) is 0.444. The lowest BCUT2D eigenvalue weighted by Crippen LogP contribution is -2.50. The van der Waals surface area contributed by atoms with Crippen LogP contribution in [0.3, 0.4) is 0 Å². The van der Waals surface area contributed by atoms with Gasteiger partial charge in [0.2, 0.25) is 0 Å². The van der Waals surface area contributed by atoms with Gasteiger partial charge in [0.05, 0.1) is 0 Å². The molecule has 1 saturated heterocycles. The van der Waals surface area contributed by atoms with Gasteiger partial charge in [-0.2, -0.15) is 0 Å². The van der Waals surface area contributed by atoms with Crippen molar-refractivity contribution < 1.29 is 4.79 Å². The molecule has 0 spiro atoms. The van der Waals surface area contributed by atoms with E-state index in [2.05, 4.69) is 27.7 Å². The first-order valence-corrected chi connectivity index (χ1v) is 12.8. The Morgan fingerprint density at radius 1 is 1.06 bits per heavy atom. The van der Waals surface area contributed by atoms with Crippen molar-refractivity contribution in [1.82, 2.24) is 14.8 Å². The van der Waals surface area contributed by atoms with Gasteiger partial charge in [-0.1, -0.05) is 17.7 Å². The summed E-state index contributed by atoms with van der Waals surface area (Å²) in [6.07, 6.45) is 9.26. The van der Waals surface area contributed by atoms with Crippen molar-refractivity contribution in [3.63, 3.8) is 0 Å². The number of benzene rings is 1. The number of piperidine rings is 1. The summed E-state index contributed by atoms with van der Waals surface area (Å²) in [6, 6.07) is 13.1. The minimum Gasteiger partial charge on any atom is -0.352 e. The largest absolute Gasteiger partial charge is 0.352 e. The van der Waals surface area contributed by atoms with Crippen LogP contribution in [0.4, 0.5) is 5.69 Å². The highest BCUT2D eigenvalue weighted by Gasteiger charge is 2.35. The zero-order valence-corrected chi connectivity index (χ0v) is 20.3. The average Bonchev–Trinajstić information content (AvgIpc) is 2.85. The molecule has 1 aliphatic carbocycles. The first kappa shape index (κ1) is 22.8. The molecule has 3 aliphatic rings. The molecule has 6 nitrogen and oxygen atoms in total. The Balaban J connectivity index is 1.15. The van der Waals surface area contributed by atoms with Crippen LogP contribution in [-0.2, 0) is 6.54 Å². The standard InChI is InChI=1S/C27H32N4O2S/c32-25-8-4-7-24-22-15-20(17-31(24)25)16-30(18-22)27(34)29-23-11-9-21(10-12-23)26(33)28-14-13-19-5-2-1-3-6-19/h4-5,7-12,20,22H,1-3,6,13-18H2,(H,28,33)(H,29,34)/t20-,22+/m1/s1. The lowest BCUT2D eigenvalue weighted by molar-refractivity contribution is 0.0954. The van der Waals surface area contributed by atoms with Crippen molar-refractivity contribution in [3.05, 3.63) is 75.7 Å². The number of anilines is 1.